The van der Waals surface area contributed by atoms with Gasteiger partial charge in [-0.2, -0.15) is 5.26 Å². The summed E-state index contributed by atoms with van der Waals surface area (Å²) in [6, 6.07) is 14.6. The average molecular weight is 500 g/mol. The summed E-state index contributed by atoms with van der Waals surface area (Å²) in [4.78, 5) is 36.2. The second-order valence-electron chi connectivity index (χ2n) is 11.3. The van der Waals surface area contributed by atoms with Crippen LogP contribution in [0.5, 0.6) is 0 Å². The first-order chi connectivity index (χ1) is 17.8. The zero-order valence-corrected chi connectivity index (χ0v) is 22.2. The van der Waals surface area contributed by atoms with Gasteiger partial charge in [0.05, 0.1) is 11.3 Å². The Kier molecular flexibility index (Phi) is 7.04. The number of rotatable bonds is 5. The predicted octanol–water partition coefficient (Wildman–Crippen LogP) is 3.54. The molecule has 2 atom stereocenters. The number of hydrogen-bond donors (Lipinski definition) is 0. The first-order valence-electron chi connectivity index (χ1n) is 13.5. The van der Waals surface area contributed by atoms with Crippen molar-refractivity contribution in [2.24, 2.45) is 11.8 Å². The van der Waals surface area contributed by atoms with E-state index < -0.39 is 0 Å². The van der Waals surface area contributed by atoms with Crippen LogP contribution < -0.4 is 0 Å². The van der Waals surface area contributed by atoms with Gasteiger partial charge in [0.25, 0.3) is 5.91 Å². The standard InChI is InChI=1S/C30H37N5O2/c1-21-15-27(16-31)32-22(2)28(21)29(37)35-19-24-17-33(18-25(24)20-35)12-9-30(26-7-5-4-6-8-26)10-13-34(14-11-30)23(3)36/h4-8,15,24-25H,9-14,17-20H2,1-3H3. The third-order valence-electron chi connectivity index (χ3n) is 9.03. The minimum atomic E-state index is 0.0493. The molecule has 4 heterocycles. The number of nitriles is 1. The zero-order valence-electron chi connectivity index (χ0n) is 22.2. The molecule has 7 nitrogen and oxygen atoms in total. The lowest BCUT2D eigenvalue weighted by molar-refractivity contribution is -0.130. The number of aryl methyl sites for hydroxylation is 2. The summed E-state index contributed by atoms with van der Waals surface area (Å²) < 4.78 is 0. The number of carbonyl (C=O) groups excluding carboxylic acids is 2. The first kappa shape index (κ1) is 25.4. The molecule has 194 valence electrons. The number of amides is 2. The van der Waals surface area contributed by atoms with E-state index in [1.54, 1.807) is 13.0 Å². The van der Waals surface area contributed by atoms with Crippen LogP contribution in [0.1, 0.15) is 59.1 Å². The van der Waals surface area contributed by atoms with Crippen LogP contribution in [0.3, 0.4) is 0 Å². The molecule has 0 aliphatic carbocycles. The van der Waals surface area contributed by atoms with Crippen LogP contribution in [0.4, 0.5) is 0 Å². The van der Waals surface area contributed by atoms with Crippen LogP contribution in [-0.4, -0.2) is 77.3 Å². The zero-order chi connectivity index (χ0) is 26.2. The van der Waals surface area contributed by atoms with E-state index in [4.69, 9.17) is 0 Å². The van der Waals surface area contributed by atoms with E-state index in [0.717, 1.165) is 70.6 Å². The molecule has 0 radical (unpaired) electrons. The largest absolute Gasteiger partial charge is 0.343 e. The smallest absolute Gasteiger partial charge is 0.255 e. The predicted molar refractivity (Wildman–Crippen MR) is 142 cm³/mol. The van der Waals surface area contributed by atoms with Crippen molar-refractivity contribution in [3.63, 3.8) is 0 Å². The van der Waals surface area contributed by atoms with Crippen molar-refractivity contribution in [1.29, 1.82) is 5.26 Å². The van der Waals surface area contributed by atoms with Crippen molar-refractivity contribution >= 4 is 11.8 Å². The SMILES string of the molecule is CC(=O)N1CCC(CCN2CC3CN(C(=O)c4c(C)cc(C#N)nc4C)CC3C2)(c2ccccc2)CC1. The second kappa shape index (κ2) is 10.3. The molecule has 1 aromatic carbocycles. The van der Waals surface area contributed by atoms with Crippen LogP contribution >= 0.6 is 0 Å². The van der Waals surface area contributed by atoms with Gasteiger partial charge < -0.3 is 14.7 Å². The Morgan fingerprint density at radius 2 is 1.68 bits per heavy atom. The molecule has 2 aromatic rings. The lowest BCUT2D eigenvalue weighted by atomic mass is 9.70. The average Bonchev–Trinajstić information content (AvgIpc) is 3.47. The minimum Gasteiger partial charge on any atom is -0.343 e. The Morgan fingerprint density at radius 3 is 2.24 bits per heavy atom. The lowest BCUT2D eigenvalue weighted by Gasteiger charge is -2.43. The van der Waals surface area contributed by atoms with Gasteiger partial charge in [0, 0.05) is 46.2 Å². The number of benzene rings is 1. The van der Waals surface area contributed by atoms with Gasteiger partial charge in [0.2, 0.25) is 5.91 Å². The summed E-state index contributed by atoms with van der Waals surface area (Å²) in [5, 5.41) is 9.17. The van der Waals surface area contributed by atoms with E-state index in [2.05, 4.69) is 46.3 Å². The molecule has 3 saturated heterocycles. The number of piperidine rings is 1. The molecule has 37 heavy (non-hydrogen) atoms. The van der Waals surface area contributed by atoms with Gasteiger partial charge in [0.1, 0.15) is 11.8 Å². The van der Waals surface area contributed by atoms with Gasteiger partial charge in [-0.1, -0.05) is 30.3 Å². The van der Waals surface area contributed by atoms with Crippen molar-refractivity contribution in [1.82, 2.24) is 19.7 Å². The normalized spacial score (nSPS) is 23.1. The topological polar surface area (TPSA) is 80.5 Å². The van der Waals surface area contributed by atoms with Crippen LogP contribution in [0.15, 0.2) is 36.4 Å². The summed E-state index contributed by atoms with van der Waals surface area (Å²) in [6.45, 7) is 11.7. The van der Waals surface area contributed by atoms with Gasteiger partial charge >= 0.3 is 0 Å². The molecule has 0 bridgehead atoms. The second-order valence-corrected chi connectivity index (χ2v) is 11.3. The van der Waals surface area contributed by atoms with Gasteiger partial charge in [-0.05, 0) is 74.1 Å². The summed E-state index contributed by atoms with van der Waals surface area (Å²) in [5.41, 5.74) is 4.00. The van der Waals surface area contributed by atoms with Crippen molar-refractivity contribution in [2.45, 2.75) is 45.4 Å². The number of fused-ring (bicyclic) bond motifs is 1. The molecule has 0 saturated carbocycles. The maximum Gasteiger partial charge on any atom is 0.255 e. The molecule has 1 aromatic heterocycles. The highest BCUT2D eigenvalue weighted by molar-refractivity contribution is 5.97. The third kappa shape index (κ3) is 5.00. The summed E-state index contributed by atoms with van der Waals surface area (Å²) in [5.74, 6) is 1.23. The summed E-state index contributed by atoms with van der Waals surface area (Å²) in [6.07, 6.45) is 3.12. The van der Waals surface area contributed by atoms with E-state index in [0.29, 0.717) is 28.8 Å². The number of nitrogens with zero attached hydrogens (tertiary/aromatic N) is 5. The van der Waals surface area contributed by atoms with E-state index in [-0.39, 0.29) is 17.2 Å². The van der Waals surface area contributed by atoms with Crippen molar-refractivity contribution < 1.29 is 9.59 Å². The molecular weight excluding hydrogens is 462 g/mol. The fraction of sp³-hybridized carbons (Fsp3) is 0.533. The van der Waals surface area contributed by atoms with Crippen LogP contribution in [0.25, 0.3) is 0 Å². The molecule has 3 aliphatic heterocycles. The van der Waals surface area contributed by atoms with Crippen LogP contribution in [-0.2, 0) is 10.2 Å². The molecule has 2 unspecified atom stereocenters. The van der Waals surface area contributed by atoms with Gasteiger partial charge in [0.15, 0.2) is 0 Å². The fourth-order valence-corrected chi connectivity index (χ4v) is 6.91. The highest BCUT2D eigenvalue weighted by atomic mass is 16.2. The molecule has 7 heteroatoms. The third-order valence-corrected chi connectivity index (χ3v) is 9.03. The number of aromatic nitrogens is 1. The van der Waals surface area contributed by atoms with E-state index >= 15 is 0 Å². The van der Waals surface area contributed by atoms with E-state index in [9.17, 15) is 14.9 Å². The number of carbonyl (C=O) groups is 2. The Hall–Kier alpha value is -3.24. The van der Waals surface area contributed by atoms with Crippen LogP contribution in [0, 0.1) is 37.0 Å². The van der Waals surface area contributed by atoms with Gasteiger partial charge in [-0.15, -0.1) is 0 Å². The van der Waals surface area contributed by atoms with Crippen molar-refractivity contribution in [3.8, 4) is 6.07 Å². The highest BCUT2D eigenvalue weighted by Gasteiger charge is 2.43. The minimum absolute atomic E-state index is 0.0493. The molecule has 3 fully saturated rings. The van der Waals surface area contributed by atoms with Crippen molar-refractivity contribution in [2.75, 3.05) is 45.8 Å². The van der Waals surface area contributed by atoms with Crippen LogP contribution in [0.2, 0.25) is 0 Å². The number of pyridine rings is 1. The molecule has 5 rings (SSSR count). The van der Waals surface area contributed by atoms with Crippen molar-refractivity contribution in [3.05, 3.63) is 64.5 Å². The fourth-order valence-electron chi connectivity index (χ4n) is 6.91. The highest BCUT2D eigenvalue weighted by Crippen LogP contribution is 2.40. The molecule has 0 spiro atoms. The Bertz CT molecular complexity index is 1180. The van der Waals surface area contributed by atoms with E-state index in [1.165, 1.54) is 5.56 Å². The van der Waals surface area contributed by atoms with Gasteiger partial charge in [-0.25, -0.2) is 4.98 Å². The Balaban J connectivity index is 1.21. The Labute approximate surface area is 220 Å². The molecular formula is C30H37N5O2. The lowest BCUT2D eigenvalue weighted by Crippen LogP contribution is -2.46. The van der Waals surface area contributed by atoms with Gasteiger partial charge in [-0.3, -0.25) is 9.59 Å². The number of hydrogen-bond acceptors (Lipinski definition) is 5. The first-order valence-corrected chi connectivity index (χ1v) is 13.5. The van der Waals surface area contributed by atoms with E-state index in [1.807, 2.05) is 23.6 Å². The monoisotopic (exact) mass is 499 g/mol. The quantitative estimate of drug-likeness (QED) is 0.629. The molecule has 2 amide bonds. The molecule has 3 aliphatic rings. The molecule has 0 N–H and O–H groups in total. The number of likely N-dealkylation sites (tertiary alicyclic amines) is 3. The summed E-state index contributed by atoms with van der Waals surface area (Å²) in [7, 11) is 0. The maximum atomic E-state index is 13.4. The summed E-state index contributed by atoms with van der Waals surface area (Å²) >= 11 is 0. The Morgan fingerprint density at radius 1 is 1.03 bits per heavy atom. The maximum absolute atomic E-state index is 13.4.